The molecule has 2 aromatic heterocycles. The summed E-state index contributed by atoms with van der Waals surface area (Å²) in [7, 11) is 4.03. The molecule has 0 atom stereocenters. The molecule has 0 aliphatic rings. The molecule has 0 aromatic carbocycles. The number of nitrogens with one attached hydrogen (secondary N) is 1. The van der Waals surface area contributed by atoms with Crippen LogP contribution in [0.5, 0.6) is 0 Å². The molecule has 0 amide bonds. The van der Waals surface area contributed by atoms with Gasteiger partial charge in [0.25, 0.3) is 0 Å². The molecule has 0 bridgehead atoms. The van der Waals surface area contributed by atoms with Gasteiger partial charge in [-0.3, -0.25) is 0 Å². The Bertz CT molecular complexity index is 494. The molecule has 0 radical (unpaired) electrons. The first kappa shape index (κ1) is 12.3. The first-order chi connectivity index (χ1) is 8.26. The first-order valence-electron chi connectivity index (χ1n) is 5.85. The largest absolute Gasteiger partial charge is 0.358 e. The minimum absolute atomic E-state index is 0.944. The smallest absolute Gasteiger partial charge is 0.140 e. The van der Waals surface area contributed by atoms with Crippen LogP contribution in [0.2, 0.25) is 0 Å². The van der Waals surface area contributed by atoms with Gasteiger partial charge < -0.3 is 10.2 Å². The number of likely N-dealkylation sites (N-methyl/N-ethyl adjacent to an activating group) is 2. The van der Waals surface area contributed by atoms with Crippen molar-refractivity contribution < 1.29 is 0 Å². The maximum atomic E-state index is 4.40. The van der Waals surface area contributed by atoms with Gasteiger partial charge in [-0.25, -0.2) is 9.97 Å². The summed E-state index contributed by atoms with van der Waals surface area (Å²) in [5, 5.41) is 4.32. The topological polar surface area (TPSA) is 41.0 Å². The maximum Gasteiger partial charge on any atom is 0.140 e. The van der Waals surface area contributed by atoms with Gasteiger partial charge in [0.2, 0.25) is 0 Å². The Kier molecular flexibility index (Phi) is 3.91. The van der Waals surface area contributed by atoms with Crippen molar-refractivity contribution in [2.45, 2.75) is 13.3 Å². The summed E-state index contributed by atoms with van der Waals surface area (Å²) in [5.74, 6) is 1.03. The summed E-state index contributed by atoms with van der Waals surface area (Å²) in [4.78, 5) is 13.4. The van der Waals surface area contributed by atoms with Crippen molar-refractivity contribution in [1.29, 1.82) is 0 Å². The Labute approximate surface area is 106 Å². The normalized spacial score (nSPS) is 11.0. The number of thiophene rings is 1. The van der Waals surface area contributed by atoms with Gasteiger partial charge in [-0.1, -0.05) is 6.92 Å². The zero-order chi connectivity index (χ0) is 12.3. The van der Waals surface area contributed by atoms with Crippen LogP contribution in [0.1, 0.15) is 11.8 Å². The number of hydrogen-bond acceptors (Lipinski definition) is 5. The summed E-state index contributed by atoms with van der Waals surface area (Å²) in [5.41, 5.74) is 0. The molecule has 0 saturated carbocycles. The fourth-order valence-corrected chi connectivity index (χ4v) is 2.69. The summed E-state index contributed by atoms with van der Waals surface area (Å²) in [6.07, 6.45) is 2.71. The highest BCUT2D eigenvalue weighted by Gasteiger charge is 2.10. The highest BCUT2D eigenvalue weighted by Crippen LogP contribution is 2.29. The molecule has 5 heteroatoms. The van der Waals surface area contributed by atoms with Crippen LogP contribution in [0.3, 0.4) is 0 Å². The molecule has 2 rings (SSSR count). The quantitative estimate of drug-likeness (QED) is 0.880. The molecule has 0 saturated heterocycles. The number of rotatable bonds is 5. The number of anilines is 1. The van der Waals surface area contributed by atoms with Crippen LogP contribution in [-0.2, 0) is 6.42 Å². The molecule has 0 aliphatic heterocycles. The van der Waals surface area contributed by atoms with Crippen molar-refractivity contribution in [3.63, 3.8) is 0 Å². The van der Waals surface area contributed by atoms with E-state index in [1.54, 1.807) is 17.7 Å². The number of hydrogen-bond donors (Lipinski definition) is 1. The Balaban J connectivity index is 2.35. The summed E-state index contributed by atoms with van der Waals surface area (Å²) < 4.78 is 0. The molecule has 17 heavy (non-hydrogen) atoms. The summed E-state index contributed by atoms with van der Waals surface area (Å²) in [6, 6.07) is 2.21. The molecule has 0 fully saturated rings. The van der Waals surface area contributed by atoms with E-state index in [1.165, 1.54) is 10.3 Å². The van der Waals surface area contributed by atoms with Crippen LogP contribution in [0.4, 0.5) is 5.82 Å². The van der Waals surface area contributed by atoms with Crippen LogP contribution < -0.4 is 10.2 Å². The van der Waals surface area contributed by atoms with Crippen LogP contribution in [0.15, 0.2) is 12.4 Å². The SMILES string of the molecule is CCc1cc2c(N(C)CCNC)ncnc2s1. The standard InChI is InChI=1S/C12H18N4S/c1-4-9-7-10-11(16(3)6-5-13-2)14-8-15-12(10)17-9/h7-8,13H,4-6H2,1-3H3. The maximum absolute atomic E-state index is 4.40. The summed E-state index contributed by atoms with van der Waals surface area (Å²) in [6.45, 7) is 4.06. The first-order valence-corrected chi connectivity index (χ1v) is 6.67. The van der Waals surface area contributed by atoms with Gasteiger partial charge in [-0.15, -0.1) is 11.3 Å². The van der Waals surface area contributed by atoms with Crippen molar-refractivity contribution in [1.82, 2.24) is 15.3 Å². The second-order valence-electron chi connectivity index (χ2n) is 4.01. The van der Waals surface area contributed by atoms with Gasteiger partial charge in [-0.2, -0.15) is 0 Å². The lowest BCUT2D eigenvalue weighted by Crippen LogP contribution is -2.27. The zero-order valence-corrected chi connectivity index (χ0v) is 11.3. The molecule has 0 unspecified atom stereocenters. The fraction of sp³-hybridized carbons (Fsp3) is 0.500. The van der Waals surface area contributed by atoms with Crippen molar-refractivity contribution in [2.24, 2.45) is 0 Å². The van der Waals surface area contributed by atoms with E-state index in [4.69, 9.17) is 0 Å². The molecule has 0 spiro atoms. The van der Waals surface area contributed by atoms with Crippen LogP contribution in [0.25, 0.3) is 10.2 Å². The predicted octanol–water partition coefficient (Wildman–Crippen LogP) is 1.91. The van der Waals surface area contributed by atoms with E-state index in [0.717, 1.165) is 30.2 Å². The van der Waals surface area contributed by atoms with Crippen LogP contribution >= 0.6 is 11.3 Å². The molecule has 0 aliphatic carbocycles. The second kappa shape index (κ2) is 5.42. The molecular formula is C12H18N4S. The van der Waals surface area contributed by atoms with E-state index in [1.807, 2.05) is 7.05 Å². The molecule has 1 N–H and O–H groups in total. The van der Waals surface area contributed by atoms with Crippen molar-refractivity contribution in [3.8, 4) is 0 Å². The third kappa shape index (κ3) is 2.56. The highest BCUT2D eigenvalue weighted by molar-refractivity contribution is 7.18. The number of nitrogens with zero attached hydrogens (tertiary/aromatic N) is 3. The Hall–Kier alpha value is -1.20. The van der Waals surface area contributed by atoms with Gasteiger partial charge in [0.15, 0.2) is 0 Å². The molecule has 92 valence electrons. The van der Waals surface area contributed by atoms with Crippen LogP contribution in [0, 0.1) is 0 Å². The van der Waals surface area contributed by atoms with Crippen molar-refractivity contribution in [3.05, 3.63) is 17.3 Å². The van der Waals surface area contributed by atoms with E-state index in [9.17, 15) is 0 Å². The molecular weight excluding hydrogens is 232 g/mol. The number of aromatic nitrogens is 2. The number of aryl methyl sites for hydroxylation is 1. The van der Waals surface area contributed by atoms with E-state index in [0.29, 0.717) is 0 Å². The minimum Gasteiger partial charge on any atom is -0.358 e. The molecule has 2 aromatic rings. The Morgan fingerprint density at radius 1 is 1.41 bits per heavy atom. The number of fused-ring (bicyclic) bond motifs is 1. The van der Waals surface area contributed by atoms with Crippen molar-refractivity contribution >= 4 is 27.4 Å². The van der Waals surface area contributed by atoms with E-state index in [-0.39, 0.29) is 0 Å². The molecule has 4 nitrogen and oxygen atoms in total. The monoisotopic (exact) mass is 250 g/mol. The molecule has 2 heterocycles. The lowest BCUT2D eigenvalue weighted by atomic mass is 10.3. The summed E-state index contributed by atoms with van der Waals surface area (Å²) >= 11 is 1.76. The van der Waals surface area contributed by atoms with Gasteiger partial charge in [-0.05, 0) is 19.5 Å². The lowest BCUT2D eigenvalue weighted by molar-refractivity contribution is 0.763. The average Bonchev–Trinajstić information content (AvgIpc) is 2.78. The minimum atomic E-state index is 0.944. The van der Waals surface area contributed by atoms with Crippen molar-refractivity contribution in [2.75, 3.05) is 32.1 Å². The second-order valence-corrected chi connectivity index (χ2v) is 5.12. The van der Waals surface area contributed by atoms with Gasteiger partial charge >= 0.3 is 0 Å². The van der Waals surface area contributed by atoms with Gasteiger partial charge in [0, 0.05) is 25.0 Å². The lowest BCUT2D eigenvalue weighted by Gasteiger charge is -2.18. The average molecular weight is 250 g/mol. The predicted molar refractivity (Wildman–Crippen MR) is 74.0 cm³/mol. The third-order valence-electron chi connectivity index (χ3n) is 2.77. The van der Waals surface area contributed by atoms with E-state index in [2.05, 4.69) is 40.2 Å². The fourth-order valence-electron chi connectivity index (χ4n) is 1.76. The van der Waals surface area contributed by atoms with Crippen LogP contribution in [-0.4, -0.2) is 37.2 Å². The zero-order valence-electron chi connectivity index (χ0n) is 10.5. The Morgan fingerprint density at radius 2 is 2.24 bits per heavy atom. The highest BCUT2D eigenvalue weighted by atomic mass is 32.1. The van der Waals surface area contributed by atoms with Gasteiger partial charge in [0.1, 0.15) is 17.0 Å². The van der Waals surface area contributed by atoms with Gasteiger partial charge in [0.05, 0.1) is 5.39 Å². The third-order valence-corrected chi connectivity index (χ3v) is 3.95. The van der Waals surface area contributed by atoms with E-state index < -0.39 is 0 Å². The van der Waals surface area contributed by atoms with E-state index >= 15 is 0 Å². The Morgan fingerprint density at radius 3 is 2.94 bits per heavy atom.